The molecule has 0 aliphatic rings. The van der Waals surface area contributed by atoms with Gasteiger partial charge in [-0.2, -0.15) is 0 Å². The second-order valence-electron chi connectivity index (χ2n) is 5.15. The van der Waals surface area contributed by atoms with Gasteiger partial charge in [-0.25, -0.2) is 0 Å². The minimum atomic E-state index is -0.165. The van der Waals surface area contributed by atoms with E-state index in [1.165, 1.54) is 16.3 Å². The summed E-state index contributed by atoms with van der Waals surface area (Å²) in [6, 6.07) is 20.6. The summed E-state index contributed by atoms with van der Waals surface area (Å²) in [5.74, 6) is 0.844. The monoisotopic (exact) mass is 296 g/mol. The molecule has 0 heterocycles. The highest BCUT2D eigenvalue weighted by Gasteiger charge is 2.14. The molecule has 1 nitrogen and oxygen atoms in total. The molecule has 21 heavy (non-hydrogen) atoms. The van der Waals surface area contributed by atoms with Crippen LogP contribution in [0.5, 0.6) is 5.75 Å². The molecule has 0 amide bonds. The Hall–Kier alpha value is -1.99. The molecule has 2 heteroatoms. The molecule has 0 saturated carbocycles. The Kier molecular flexibility index (Phi) is 3.85. The number of rotatable bonds is 3. The van der Waals surface area contributed by atoms with E-state index in [-0.39, 0.29) is 5.38 Å². The van der Waals surface area contributed by atoms with Gasteiger partial charge in [0.15, 0.2) is 0 Å². The fourth-order valence-corrected chi connectivity index (χ4v) is 2.98. The predicted molar refractivity (Wildman–Crippen MR) is 89.4 cm³/mol. The van der Waals surface area contributed by atoms with Gasteiger partial charge in [-0.1, -0.05) is 48.5 Å². The summed E-state index contributed by atoms with van der Waals surface area (Å²) in [6.07, 6.45) is 0. The maximum absolute atomic E-state index is 6.72. The zero-order valence-corrected chi connectivity index (χ0v) is 12.9. The Morgan fingerprint density at radius 1 is 0.857 bits per heavy atom. The fraction of sp³-hybridized carbons (Fsp3) is 0.158. The van der Waals surface area contributed by atoms with Crippen LogP contribution in [0.3, 0.4) is 0 Å². The van der Waals surface area contributed by atoms with Crippen LogP contribution < -0.4 is 4.74 Å². The molecule has 3 rings (SSSR count). The highest BCUT2D eigenvalue weighted by atomic mass is 35.5. The van der Waals surface area contributed by atoms with Gasteiger partial charge in [-0.05, 0) is 46.5 Å². The van der Waals surface area contributed by atoms with Gasteiger partial charge in [-0.3, -0.25) is 0 Å². The highest BCUT2D eigenvalue weighted by molar-refractivity contribution is 6.23. The van der Waals surface area contributed by atoms with Gasteiger partial charge in [0.05, 0.1) is 12.5 Å². The molecule has 0 aliphatic carbocycles. The van der Waals surface area contributed by atoms with Crippen molar-refractivity contribution in [1.29, 1.82) is 0 Å². The van der Waals surface area contributed by atoms with E-state index in [1.807, 2.05) is 24.3 Å². The van der Waals surface area contributed by atoms with Gasteiger partial charge in [0, 0.05) is 0 Å². The Balaban J connectivity index is 2.08. The molecule has 3 aromatic rings. The van der Waals surface area contributed by atoms with E-state index in [1.54, 1.807) is 7.11 Å². The number of fused-ring (bicyclic) bond motifs is 1. The van der Waals surface area contributed by atoms with E-state index >= 15 is 0 Å². The molecule has 1 unspecified atom stereocenters. The third-order valence-corrected chi connectivity index (χ3v) is 4.34. The fourth-order valence-electron chi connectivity index (χ4n) is 2.65. The van der Waals surface area contributed by atoms with Crippen molar-refractivity contribution < 1.29 is 4.74 Å². The van der Waals surface area contributed by atoms with Crippen molar-refractivity contribution in [3.05, 3.63) is 77.4 Å². The highest BCUT2D eigenvalue weighted by Crippen LogP contribution is 2.35. The molecule has 0 bridgehead atoms. The van der Waals surface area contributed by atoms with Crippen molar-refractivity contribution in [3.8, 4) is 5.75 Å². The van der Waals surface area contributed by atoms with Crippen LogP contribution in [0.25, 0.3) is 10.8 Å². The molecule has 1 atom stereocenters. The van der Waals surface area contributed by atoms with Crippen LogP contribution >= 0.6 is 11.6 Å². The molecule has 0 radical (unpaired) electrons. The summed E-state index contributed by atoms with van der Waals surface area (Å²) in [5.41, 5.74) is 3.49. The third kappa shape index (κ3) is 2.62. The normalized spacial score (nSPS) is 12.3. The summed E-state index contributed by atoms with van der Waals surface area (Å²) in [5, 5.41) is 2.31. The van der Waals surface area contributed by atoms with Crippen LogP contribution in [0.4, 0.5) is 0 Å². The maximum atomic E-state index is 6.72. The zero-order valence-electron chi connectivity index (χ0n) is 12.1. The molecule has 106 valence electrons. The number of alkyl halides is 1. The van der Waals surface area contributed by atoms with Crippen molar-refractivity contribution in [3.63, 3.8) is 0 Å². The minimum absolute atomic E-state index is 0.165. The number of halogens is 1. The van der Waals surface area contributed by atoms with Gasteiger partial charge in [0.25, 0.3) is 0 Å². The topological polar surface area (TPSA) is 9.23 Å². The van der Waals surface area contributed by atoms with E-state index in [4.69, 9.17) is 16.3 Å². The molecule has 0 aromatic heterocycles. The zero-order chi connectivity index (χ0) is 14.8. The van der Waals surface area contributed by atoms with Crippen LogP contribution in [-0.4, -0.2) is 7.11 Å². The lowest BCUT2D eigenvalue weighted by Crippen LogP contribution is -1.96. The van der Waals surface area contributed by atoms with Gasteiger partial charge < -0.3 is 4.74 Å². The molecule has 0 fully saturated rings. The Bertz CT molecular complexity index is 762. The van der Waals surface area contributed by atoms with Crippen LogP contribution in [0.2, 0.25) is 0 Å². The number of hydrogen-bond donors (Lipinski definition) is 0. The number of ether oxygens (including phenoxy) is 1. The van der Waals surface area contributed by atoms with Gasteiger partial charge >= 0.3 is 0 Å². The second kappa shape index (κ2) is 5.79. The van der Waals surface area contributed by atoms with Crippen LogP contribution in [0.1, 0.15) is 22.1 Å². The lowest BCUT2D eigenvalue weighted by molar-refractivity contribution is 0.414. The summed E-state index contributed by atoms with van der Waals surface area (Å²) < 4.78 is 5.20. The molecule has 0 aliphatic heterocycles. The van der Waals surface area contributed by atoms with E-state index in [9.17, 15) is 0 Å². The van der Waals surface area contributed by atoms with Crippen molar-refractivity contribution >= 4 is 22.4 Å². The quantitative estimate of drug-likeness (QED) is 0.581. The van der Waals surface area contributed by atoms with Gasteiger partial charge in [-0.15, -0.1) is 11.6 Å². The van der Waals surface area contributed by atoms with Crippen LogP contribution in [0.15, 0.2) is 60.7 Å². The number of aryl methyl sites for hydroxylation is 1. The standard InChI is InChI=1S/C19H17ClO/c1-13-7-12-18(17-6-4-3-5-16(13)17)19(20)14-8-10-15(21-2)11-9-14/h3-12,19H,1-2H3. The SMILES string of the molecule is COc1ccc(C(Cl)c2ccc(C)c3ccccc23)cc1. The second-order valence-corrected chi connectivity index (χ2v) is 5.59. The number of benzene rings is 3. The average molecular weight is 297 g/mol. The molecule has 0 N–H and O–H groups in total. The smallest absolute Gasteiger partial charge is 0.118 e. The first-order chi connectivity index (χ1) is 10.2. The average Bonchev–Trinajstić information content (AvgIpc) is 2.55. The summed E-state index contributed by atoms with van der Waals surface area (Å²) in [6.45, 7) is 2.13. The first-order valence-corrected chi connectivity index (χ1v) is 7.40. The first kappa shape index (κ1) is 14.0. The van der Waals surface area contributed by atoms with E-state index in [2.05, 4.69) is 43.3 Å². The van der Waals surface area contributed by atoms with E-state index in [0.717, 1.165) is 16.9 Å². The van der Waals surface area contributed by atoms with Crippen molar-refractivity contribution in [2.75, 3.05) is 7.11 Å². The predicted octanol–water partition coefficient (Wildman–Crippen LogP) is 5.49. The van der Waals surface area contributed by atoms with E-state index in [0.29, 0.717) is 0 Å². The van der Waals surface area contributed by atoms with Crippen molar-refractivity contribution in [1.82, 2.24) is 0 Å². The minimum Gasteiger partial charge on any atom is -0.497 e. The lowest BCUT2D eigenvalue weighted by Gasteiger charge is -2.15. The Labute approximate surface area is 130 Å². The summed E-state index contributed by atoms with van der Waals surface area (Å²) in [4.78, 5) is 0. The van der Waals surface area contributed by atoms with Crippen molar-refractivity contribution in [2.24, 2.45) is 0 Å². The van der Waals surface area contributed by atoms with Crippen LogP contribution in [0, 0.1) is 6.92 Å². The summed E-state index contributed by atoms with van der Waals surface area (Å²) >= 11 is 6.72. The molecular formula is C19H17ClO. The Morgan fingerprint density at radius 3 is 2.19 bits per heavy atom. The summed E-state index contributed by atoms with van der Waals surface area (Å²) in [7, 11) is 1.67. The maximum Gasteiger partial charge on any atom is 0.118 e. The molecule has 0 saturated heterocycles. The third-order valence-electron chi connectivity index (χ3n) is 3.86. The van der Waals surface area contributed by atoms with Gasteiger partial charge in [0.2, 0.25) is 0 Å². The Morgan fingerprint density at radius 2 is 1.52 bits per heavy atom. The molecule has 3 aromatic carbocycles. The number of methoxy groups -OCH3 is 1. The van der Waals surface area contributed by atoms with Crippen LogP contribution in [-0.2, 0) is 0 Å². The lowest BCUT2D eigenvalue weighted by atomic mass is 9.95. The van der Waals surface area contributed by atoms with Crippen molar-refractivity contribution in [2.45, 2.75) is 12.3 Å². The van der Waals surface area contributed by atoms with Gasteiger partial charge in [0.1, 0.15) is 5.75 Å². The van der Waals surface area contributed by atoms with E-state index < -0.39 is 0 Å². The number of hydrogen-bond acceptors (Lipinski definition) is 1. The largest absolute Gasteiger partial charge is 0.497 e. The molecular weight excluding hydrogens is 280 g/mol. The first-order valence-electron chi connectivity index (χ1n) is 6.97. The molecule has 0 spiro atoms.